The van der Waals surface area contributed by atoms with Gasteiger partial charge in [-0.2, -0.15) is 0 Å². The van der Waals surface area contributed by atoms with Crippen LogP contribution in [0.4, 0.5) is 0 Å². The normalized spacial score (nSPS) is 14.2. The molecule has 2 N–H and O–H groups in total. The topological polar surface area (TPSA) is 49.7 Å². The van der Waals surface area contributed by atoms with Crippen molar-refractivity contribution < 1.29 is 14.9 Å². The fourth-order valence-electron chi connectivity index (χ4n) is 1.58. The molecule has 0 saturated heterocycles. The van der Waals surface area contributed by atoms with Gasteiger partial charge in [-0.05, 0) is 12.0 Å². The number of aliphatic hydroxyl groups is 2. The zero-order valence-corrected chi connectivity index (χ0v) is 9.96. The zero-order chi connectivity index (χ0) is 12.5. The molecule has 0 fully saturated rings. The summed E-state index contributed by atoms with van der Waals surface area (Å²) < 4.78 is 5.70. The van der Waals surface area contributed by atoms with Gasteiger partial charge < -0.3 is 14.9 Å². The van der Waals surface area contributed by atoms with Gasteiger partial charge in [-0.15, -0.1) is 6.58 Å². The third kappa shape index (κ3) is 5.63. The fraction of sp³-hybridized carbons (Fsp3) is 0.429. The van der Waals surface area contributed by atoms with Crippen molar-refractivity contribution in [1.29, 1.82) is 0 Å². The number of benzene rings is 1. The second kappa shape index (κ2) is 8.01. The molecular formula is C14H20O3. The number of ether oxygens (including phenoxy) is 1. The van der Waals surface area contributed by atoms with E-state index in [0.717, 1.165) is 5.56 Å². The van der Waals surface area contributed by atoms with Gasteiger partial charge in [0.2, 0.25) is 0 Å². The molecule has 0 aliphatic heterocycles. The molecule has 0 bridgehead atoms. The Morgan fingerprint density at radius 1 is 1.29 bits per heavy atom. The summed E-state index contributed by atoms with van der Waals surface area (Å²) in [5.41, 5.74) is 1.10. The Labute approximate surface area is 102 Å². The van der Waals surface area contributed by atoms with E-state index in [0.29, 0.717) is 19.4 Å². The maximum atomic E-state index is 9.39. The first-order chi connectivity index (χ1) is 8.26. The van der Waals surface area contributed by atoms with Crippen molar-refractivity contribution in [3.05, 3.63) is 48.6 Å². The highest BCUT2D eigenvalue weighted by molar-refractivity contribution is 5.13. The van der Waals surface area contributed by atoms with Crippen molar-refractivity contribution in [2.75, 3.05) is 6.61 Å². The van der Waals surface area contributed by atoms with Crippen LogP contribution >= 0.6 is 0 Å². The minimum atomic E-state index is -0.726. The first-order valence-corrected chi connectivity index (χ1v) is 5.81. The van der Waals surface area contributed by atoms with Gasteiger partial charge in [-0.1, -0.05) is 36.4 Å². The summed E-state index contributed by atoms with van der Waals surface area (Å²) in [5.74, 6) is 0. The van der Waals surface area contributed by atoms with Crippen molar-refractivity contribution in [3.8, 4) is 0 Å². The Bertz CT molecular complexity index is 311. The molecule has 0 aliphatic carbocycles. The van der Waals surface area contributed by atoms with Crippen LogP contribution < -0.4 is 0 Å². The molecule has 3 heteroatoms. The lowest BCUT2D eigenvalue weighted by Crippen LogP contribution is -2.23. The van der Waals surface area contributed by atoms with Crippen LogP contribution in [0.15, 0.2) is 43.0 Å². The van der Waals surface area contributed by atoms with Crippen LogP contribution in [0.2, 0.25) is 0 Å². The molecule has 0 heterocycles. The lowest BCUT2D eigenvalue weighted by molar-refractivity contribution is -0.00853. The number of hydrogen-bond donors (Lipinski definition) is 2. The van der Waals surface area contributed by atoms with Gasteiger partial charge in [0, 0.05) is 6.42 Å². The highest BCUT2D eigenvalue weighted by Crippen LogP contribution is 2.11. The summed E-state index contributed by atoms with van der Waals surface area (Å²) in [6.07, 6.45) is 2.03. The van der Waals surface area contributed by atoms with E-state index in [-0.39, 0.29) is 12.7 Å². The van der Waals surface area contributed by atoms with Gasteiger partial charge in [-0.25, -0.2) is 0 Å². The average Bonchev–Trinajstić information content (AvgIpc) is 2.37. The van der Waals surface area contributed by atoms with Gasteiger partial charge in [0.05, 0.1) is 25.4 Å². The molecule has 2 atom stereocenters. The highest BCUT2D eigenvalue weighted by Gasteiger charge is 2.13. The highest BCUT2D eigenvalue weighted by atomic mass is 16.5. The Hall–Kier alpha value is -1.16. The Kier molecular flexibility index (Phi) is 6.55. The summed E-state index contributed by atoms with van der Waals surface area (Å²) >= 11 is 0. The molecule has 0 radical (unpaired) electrons. The molecule has 0 amide bonds. The average molecular weight is 236 g/mol. The Morgan fingerprint density at radius 3 is 2.59 bits per heavy atom. The van der Waals surface area contributed by atoms with E-state index in [4.69, 9.17) is 9.84 Å². The molecule has 1 aromatic carbocycles. The number of rotatable bonds is 8. The second-order valence-electron chi connectivity index (χ2n) is 4.02. The summed E-state index contributed by atoms with van der Waals surface area (Å²) in [4.78, 5) is 0. The molecule has 1 aromatic rings. The molecule has 0 aliphatic rings. The molecule has 94 valence electrons. The first-order valence-electron chi connectivity index (χ1n) is 5.81. The van der Waals surface area contributed by atoms with Crippen molar-refractivity contribution in [1.82, 2.24) is 0 Å². The summed E-state index contributed by atoms with van der Waals surface area (Å²) in [5, 5.41) is 18.2. The van der Waals surface area contributed by atoms with Crippen molar-refractivity contribution >= 4 is 0 Å². The van der Waals surface area contributed by atoms with Gasteiger partial charge >= 0.3 is 0 Å². The van der Waals surface area contributed by atoms with Gasteiger partial charge in [0.1, 0.15) is 0 Å². The summed E-state index contributed by atoms with van der Waals surface area (Å²) in [6, 6.07) is 9.87. The van der Waals surface area contributed by atoms with Crippen molar-refractivity contribution in [2.45, 2.75) is 31.7 Å². The zero-order valence-electron chi connectivity index (χ0n) is 9.96. The Morgan fingerprint density at radius 2 is 2.00 bits per heavy atom. The van der Waals surface area contributed by atoms with Gasteiger partial charge in [0.25, 0.3) is 0 Å². The van der Waals surface area contributed by atoms with Gasteiger partial charge in [-0.3, -0.25) is 0 Å². The van der Waals surface area contributed by atoms with Gasteiger partial charge in [0.15, 0.2) is 0 Å². The van der Waals surface area contributed by atoms with Crippen LogP contribution in [0.3, 0.4) is 0 Å². The quantitative estimate of drug-likeness (QED) is 0.678. The molecular weight excluding hydrogens is 216 g/mol. The van der Waals surface area contributed by atoms with E-state index in [9.17, 15) is 5.11 Å². The largest absolute Gasteiger partial charge is 0.394 e. The standard InChI is InChI=1S/C14H20O3/c1-2-6-14(9-13(16)10-15)17-11-12-7-4-3-5-8-12/h2-5,7-8,13-16H,1,6,9-11H2/t13-,14-/m0/s1. The molecule has 3 nitrogen and oxygen atoms in total. The van der Waals surface area contributed by atoms with E-state index in [1.807, 2.05) is 30.3 Å². The van der Waals surface area contributed by atoms with Crippen LogP contribution in [0, 0.1) is 0 Å². The van der Waals surface area contributed by atoms with E-state index in [1.165, 1.54) is 0 Å². The molecule has 0 aromatic heterocycles. The summed E-state index contributed by atoms with van der Waals surface area (Å²) in [7, 11) is 0. The monoisotopic (exact) mass is 236 g/mol. The Balaban J connectivity index is 2.41. The molecule has 1 rings (SSSR count). The predicted molar refractivity (Wildman–Crippen MR) is 67.5 cm³/mol. The number of aliphatic hydroxyl groups excluding tert-OH is 2. The molecule has 17 heavy (non-hydrogen) atoms. The third-order valence-corrected chi connectivity index (χ3v) is 2.50. The summed E-state index contributed by atoms with van der Waals surface area (Å²) in [6.45, 7) is 3.94. The van der Waals surface area contributed by atoms with Crippen LogP contribution in [-0.2, 0) is 11.3 Å². The van der Waals surface area contributed by atoms with Crippen LogP contribution in [0.5, 0.6) is 0 Å². The lowest BCUT2D eigenvalue weighted by atomic mass is 10.1. The third-order valence-electron chi connectivity index (χ3n) is 2.50. The van der Waals surface area contributed by atoms with Crippen molar-refractivity contribution in [3.63, 3.8) is 0 Å². The minimum Gasteiger partial charge on any atom is -0.394 e. The van der Waals surface area contributed by atoms with E-state index < -0.39 is 6.10 Å². The van der Waals surface area contributed by atoms with Crippen LogP contribution in [0.25, 0.3) is 0 Å². The predicted octanol–water partition coefficient (Wildman–Crippen LogP) is 1.89. The first kappa shape index (κ1) is 13.9. The maximum Gasteiger partial charge on any atom is 0.0795 e. The maximum absolute atomic E-state index is 9.39. The second-order valence-corrected chi connectivity index (χ2v) is 4.02. The fourth-order valence-corrected chi connectivity index (χ4v) is 1.58. The molecule has 0 saturated carbocycles. The molecule has 0 unspecified atom stereocenters. The van der Waals surface area contributed by atoms with Crippen LogP contribution in [-0.4, -0.2) is 29.0 Å². The van der Waals surface area contributed by atoms with Crippen molar-refractivity contribution in [2.24, 2.45) is 0 Å². The lowest BCUT2D eigenvalue weighted by Gasteiger charge is -2.18. The smallest absolute Gasteiger partial charge is 0.0795 e. The van der Waals surface area contributed by atoms with E-state index >= 15 is 0 Å². The minimum absolute atomic E-state index is 0.102. The number of hydrogen-bond acceptors (Lipinski definition) is 3. The van der Waals surface area contributed by atoms with E-state index in [2.05, 4.69) is 6.58 Å². The van der Waals surface area contributed by atoms with Crippen LogP contribution in [0.1, 0.15) is 18.4 Å². The molecule has 0 spiro atoms. The SMILES string of the molecule is C=CC[C@@H](C[C@H](O)CO)OCc1ccccc1. The van der Waals surface area contributed by atoms with E-state index in [1.54, 1.807) is 6.08 Å².